The van der Waals surface area contributed by atoms with E-state index in [1.54, 1.807) is 0 Å². The number of hydrogen-bond acceptors (Lipinski definition) is 7. The highest BCUT2D eigenvalue weighted by Crippen LogP contribution is 2.37. The van der Waals surface area contributed by atoms with Crippen LogP contribution in [0.1, 0.15) is 36.9 Å². The average Bonchev–Trinajstić information content (AvgIpc) is 3.65. The molecule has 1 saturated heterocycles. The minimum absolute atomic E-state index is 0.0404. The molecule has 6 rings (SSSR count). The maximum atomic E-state index is 14.5. The molecule has 0 radical (unpaired) electrons. The highest BCUT2D eigenvalue weighted by atomic mass is 79.9. The van der Waals surface area contributed by atoms with Crippen molar-refractivity contribution in [3.63, 3.8) is 0 Å². The maximum Gasteiger partial charge on any atom is 0.346 e. The van der Waals surface area contributed by atoms with Crippen molar-refractivity contribution in [3.8, 4) is 0 Å². The molecule has 11 heteroatoms. The predicted octanol–water partition coefficient (Wildman–Crippen LogP) is 7.86. The summed E-state index contributed by atoms with van der Waals surface area (Å²) in [4.78, 5) is 30.7. The van der Waals surface area contributed by atoms with Crippen LogP contribution >= 0.6 is 38.6 Å². The zero-order chi connectivity index (χ0) is 31.5. The van der Waals surface area contributed by atoms with Crippen molar-refractivity contribution in [3.05, 3.63) is 110 Å². The van der Waals surface area contributed by atoms with E-state index in [-0.39, 0.29) is 5.91 Å². The number of aromatic carboxylic acids is 1. The van der Waals surface area contributed by atoms with Gasteiger partial charge >= 0.3 is 5.97 Å². The normalized spacial score (nSPS) is 14.1. The van der Waals surface area contributed by atoms with E-state index in [0.29, 0.717) is 48.1 Å². The van der Waals surface area contributed by atoms with Gasteiger partial charge in [0.15, 0.2) is 4.90 Å². The van der Waals surface area contributed by atoms with Crippen molar-refractivity contribution in [1.29, 1.82) is 0 Å². The number of hydrogen-bond donors (Lipinski definition) is 1. The lowest BCUT2D eigenvalue weighted by Gasteiger charge is -2.38. The van der Waals surface area contributed by atoms with Gasteiger partial charge in [0.05, 0.1) is 12.2 Å². The zero-order valence-corrected chi connectivity index (χ0v) is 28.7. The van der Waals surface area contributed by atoms with E-state index in [1.807, 2.05) is 82.2 Å². The number of piperazine rings is 1. The number of halogens is 1. The van der Waals surface area contributed by atoms with E-state index < -0.39 is 17.3 Å². The first-order valence-corrected chi connectivity index (χ1v) is 18.3. The van der Waals surface area contributed by atoms with Crippen LogP contribution in [-0.4, -0.2) is 59.2 Å². The molecule has 3 heterocycles. The highest BCUT2D eigenvalue weighted by Gasteiger charge is 2.30. The van der Waals surface area contributed by atoms with Crippen molar-refractivity contribution in [2.24, 2.45) is 0 Å². The molecule has 1 fully saturated rings. The summed E-state index contributed by atoms with van der Waals surface area (Å²) in [6, 6.07) is 25.9. The molecule has 1 amide bonds. The first kappa shape index (κ1) is 31.6. The van der Waals surface area contributed by atoms with Crippen LogP contribution in [0.25, 0.3) is 10.1 Å². The van der Waals surface area contributed by atoms with Gasteiger partial charge in [0.1, 0.15) is 26.8 Å². The number of amides is 1. The topological polar surface area (TPSA) is 87.2 Å². The Kier molecular flexibility index (Phi) is 9.81. The van der Waals surface area contributed by atoms with E-state index in [4.69, 9.17) is 0 Å². The Morgan fingerprint density at radius 2 is 1.71 bits per heavy atom. The number of carboxylic acids is 1. The molecule has 0 saturated carbocycles. The van der Waals surface area contributed by atoms with Gasteiger partial charge < -0.3 is 19.5 Å². The van der Waals surface area contributed by atoms with Gasteiger partial charge in [-0.1, -0.05) is 42.5 Å². The Hall–Kier alpha value is -3.35. The monoisotopic (exact) mass is 721 g/mol. The lowest BCUT2D eigenvalue weighted by atomic mass is 10.1. The number of fused-ring (bicyclic) bond motifs is 1. The van der Waals surface area contributed by atoms with Gasteiger partial charge in [-0.2, -0.15) is 4.31 Å². The van der Waals surface area contributed by atoms with Crippen LogP contribution < -0.4 is 9.21 Å². The number of aryl methyl sites for hydroxylation is 2. The second-order valence-electron chi connectivity index (χ2n) is 10.8. The summed E-state index contributed by atoms with van der Waals surface area (Å²) in [5, 5.41) is 12.4. The Morgan fingerprint density at radius 3 is 2.42 bits per heavy atom. The molecule has 1 aliphatic rings. The molecule has 232 valence electrons. The predicted molar refractivity (Wildman–Crippen MR) is 189 cm³/mol. The van der Waals surface area contributed by atoms with Crippen LogP contribution in [0.15, 0.2) is 93.6 Å². The number of nitrogens with zero attached hydrogens (tertiary/aromatic N) is 3. The largest absolute Gasteiger partial charge is 0.588 e. The molecule has 1 atom stereocenters. The van der Waals surface area contributed by atoms with Crippen molar-refractivity contribution in [2.75, 3.05) is 41.9 Å². The summed E-state index contributed by atoms with van der Waals surface area (Å²) in [6.07, 6.45) is 1.64. The SMILES string of the molecule is Cc1c(C(=O)O)sc2ccc([S+]([O-])N(CCCc3ccccc3)c3ccccc3N3CCN(C(=O)c4sccc4Br)CC3)cc12. The molecule has 1 N–H and O–H groups in total. The lowest BCUT2D eigenvalue weighted by molar-refractivity contribution is 0.0700. The summed E-state index contributed by atoms with van der Waals surface area (Å²) in [5.74, 6) is -0.906. The van der Waals surface area contributed by atoms with E-state index in [0.717, 1.165) is 43.7 Å². The summed E-state index contributed by atoms with van der Waals surface area (Å²) in [5.41, 5.74) is 3.78. The van der Waals surface area contributed by atoms with Crippen LogP contribution in [0.2, 0.25) is 0 Å². The molecular weight excluding hydrogens is 690 g/mol. The first-order valence-electron chi connectivity index (χ1n) is 14.7. The lowest BCUT2D eigenvalue weighted by Crippen LogP contribution is -2.49. The first-order chi connectivity index (χ1) is 21.8. The maximum absolute atomic E-state index is 14.5. The smallest absolute Gasteiger partial charge is 0.346 e. The molecular formula is C34H32BrN3O4S3. The number of rotatable bonds is 10. The summed E-state index contributed by atoms with van der Waals surface area (Å²) in [7, 11) is 0. The highest BCUT2D eigenvalue weighted by molar-refractivity contribution is 9.10. The Balaban J connectivity index is 1.28. The van der Waals surface area contributed by atoms with E-state index in [9.17, 15) is 19.2 Å². The van der Waals surface area contributed by atoms with Crippen LogP contribution in [-0.2, 0) is 17.8 Å². The molecule has 1 unspecified atom stereocenters. The number of carbonyl (C=O) groups is 2. The van der Waals surface area contributed by atoms with Gasteiger partial charge in [-0.15, -0.1) is 22.7 Å². The third-order valence-electron chi connectivity index (χ3n) is 8.04. The van der Waals surface area contributed by atoms with Crippen LogP contribution in [0.3, 0.4) is 0 Å². The number of carboxylic acid groups (broad SMARTS) is 1. The number of carbonyl (C=O) groups excluding carboxylic acids is 1. The summed E-state index contributed by atoms with van der Waals surface area (Å²) < 4.78 is 18.1. The van der Waals surface area contributed by atoms with E-state index in [1.165, 1.54) is 28.2 Å². The van der Waals surface area contributed by atoms with Crippen molar-refractivity contribution >= 4 is 83.3 Å². The van der Waals surface area contributed by atoms with Gasteiger partial charge in [0.25, 0.3) is 5.91 Å². The molecule has 1 aliphatic heterocycles. The van der Waals surface area contributed by atoms with E-state index >= 15 is 0 Å². The fourth-order valence-corrected chi connectivity index (χ4v) is 9.51. The number of anilines is 2. The van der Waals surface area contributed by atoms with Crippen molar-refractivity contribution in [2.45, 2.75) is 24.7 Å². The molecule has 5 aromatic rings. The molecule has 7 nitrogen and oxygen atoms in total. The Labute approximate surface area is 282 Å². The van der Waals surface area contributed by atoms with Gasteiger partial charge in [0.2, 0.25) is 0 Å². The molecule has 0 aliphatic carbocycles. The Morgan fingerprint density at radius 1 is 0.978 bits per heavy atom. The standard InChI is InChI=1S/C34H32BrN3O4S3/c1-23-26-22-25(13-14-30(26)44-31(23)34(40)41)45(42)38(16-7-10-24-8-3-2-4-9-24)29-12-6-5-11-28(29)36-17-19-37(20-18-36)33(39)32-27(35)15-21-43-32/h2-6,8-9,11-15,21-22H,7,10,16-20H2,1H3,(H,40,41). The van der Waals surface area contributed by atoms with Gasteiger partial charge in [0, 0.05) is 46.8 Å². The quantitative estimate of drug-likeness (QED) is 0.148. The average molecular weight is 723 g/mol. The minimum atomic E-state index is -1.55. The Bertz CT molecular complexity index is 1820. The second kappa shape index (κ2) is 14.0. The van der Waals surface area contributed by atoms with Gasteiger partial charge in [-0.25, -0.2) is 4.79 Å². The number of benzene rings is 3. The molecule has 45 heavy (non-hydrogen) atoms. The van der Waals surface area contributed by atoms with Crippen molar-refractivity contribution < 1.29 is 19.2 Å². The fraction of sp³-hybridized carbons (Fsp3) is 0.235. The third kappa shape index (κ3) is 6.78. The zero-order valence-electron chi connectivity index (χ0n) is 24.6. The number of para-hydroxylation sites is 2. The third-order valence-corrected chi connectivity index (χ3v) is 12.6. The van der Waals surface area contributed by atoms with Crippen molar-refractivity contribution in [1.82, 2.24) is 4.90 Å². The molecule has 2 aromatic heterocycles. The molecule has 3 aromatic carbocycles. The summed E-state index contributed by atoms with van der Waals surface area (Å²) in [6.45, 7) is 4.87. The van der Waals surface area contributed by atoms with Crippen LogP contribution in [0, 0.1) is 6.92 Å². The van der Waals surface area contributed by atoms with E-state index in [2.05, 4.69) is 39.0 Å². The van der Waals surface area contributed by atoms with Gasteiger partial charge in [-0.05, 0) is 82.5 Å². The molecule has 0 bridgehead atoms. The van der Waals surface area contributed by atoms with Crippen LogP contribution in [0.5, 0.6) is 0 Å². The van der Waals surface area contributed by atoms with Crippen LogP contribution in [0.4, 0.5) is 11.4 Å². The van der Waals surface area contributed by atoms with Gasteiger partial charge in [-0.3, -0.25) is 4.79 Å². The minimum Gasteiger partial charge on any atom is -0.588 e. The summed E-state index contributed by atoms with van der Waals surface area (Å²) >= 11 is 4.63. The number of thiophene rings is 2. The molecule has 0 spiro atoms. The second-order valence-corrected chi connectivity index (χ2v) is 15.1. The fourth-order valence-electron chi connectivity index (χ4n) is 5.69.